The Morgan fingerprint density at radius 2 is 2.12 bits per heavy atom. The Balaban J connectivity index is 1.40. The van der Waals surface area contributed by atoms with E-state index in [0.29, 0.717) is 12.5 Å². The molecular weight excluding hydrogens is 330 g/mol. The zero-order valence-corrected chi connectivity index (χ0v) is 15.5. The topological polar surface area (TPSA) is 89.8 Å². The van der Waals surface area contributed by atoms with Crippen LogP contribution in [0.2, 0.25) is 0 Å². The number of anilines is 2. The first-order valence-electron chi connectivity index (χ1n) is 9.55. The maximum atomic E-state index is 5.95. The summed E-state index contributed by atoms with van der Waals surface area (Å²) < 4.78 is 8.15. The molecule has 0 amide bonds. The van der Waals surface area contributed by atoms with Crippen LogP contribution < -0.4 is 10.6 Å². The van der Waals surface area contributed by atoms with E-state index in [1.807, 2.05) is 6.07 Å². The molecule has 2 aliphatic heterocycles. The van der Waals surface area contributed by atoms with Gasteiger partial charge in [-0.15, -0.1) is 10.2 Å². The lowest BCUT2D eigenvalue weighted by Crippen LogP contribution is -2.43. The number of aromatic nitrogens is 5. The first kappa shape index (κ1) is 17.2. The molecule has 2 N–H and O–H groups in total. The fourth-order valence-corrected chi connectivity index (χ4v) is 3.85. The lowest BCUT2D eigenvalue weighted by molar-refractivity contribution is -0.0203. The van der Waals surface area contributed by atoms with Crippen molar-refractivity contribution in [2.24, 2.45) is 5.92 Å². The Bertz CT molecular complexity index is 745. The fourth-order valence-electron chi connectivity index (χ4n) is 3.85. The van der Waals surface area contributed by atoms with Crippen molar-refractivity contribution < 1.29 is 4.74 Å². The SMILES string of the molecule is CC(C)[C@@H]1OCCC[C@@H]1Nc1cc(NCc2nnc3n2CCC3)ncn1. The number of nitrogens with one attached hydrogen (secondary N) is 2. The Morgan fingerprint density at radius 3 is 3.00 bits per heavy atom. The molecule has 0 aromatic carbocycles. The van der Waals surface area contributed by atoms with E-state index in [-0.39, 0.29) is 12.1 Å². The Hall–Kier alpha value is -2.22. The molecule has 4 heterocycles. The van der Waals surface area contributed by atoms with E-state index in [9.17, 15) is 0 Å². The maximum absolute atomic E-state index is 5.95. The van der Waals surface area contributed by atoms with Crippen LogP contribution in [-0.2, 0) is 24.2 Å². The van der Waals surface area contributed by atoms with Crippen LogP contribution in [0.4, 0.5) is 11.6 Å². The highest BCUT2D eigenvalue weighted by molar-refractivity contribution is 5.47. The number of ether oxygens (including phenoxy) is 1. The molecule has 1 fully saturated rings. The van der Waals surface area contributed by atoms with E-state index < -0.39 is 0 Å². The molecule has 8 nitrogen and oxygen atoms in total. The molecule has 0 spiro atoms. The van der Waals surface area contributed by atoms with Gasteiger partial charge in [0.25, 0.3) is 0 Å². The van der Waals surface area contributed by atoms with Crippen molar-refractivity contribution in [3.8, 4) is 0 Å². The minimum Gasteiger partial charge on any atom is -0.376 e. The summed E-state index contributed by atoms with van der Waals surface area (Å²) in [5.74, 6) is 4.14. The molecule has 2 aromatic rings. The number of nitrogens with zero attached hydrogens (tertiary/aromatic N) is 5. The van der Waals surface area contributed by atoms with Crippen molar-refractivity contribution in [1.82, 2.24) is 24.7 Å². The quantitative estimate of drug-likeness (QED) is 0.819. The van der Waals surface area contributed by atoms with Crippen LogP contribution in [0.25, 0.3) is 0 Å². The van der Waals surface area contributed by atoms with Crippen molar-refractivity contribution >= 4 is 11.6 Å². The molecule has 1 saturated heterocycles. The number of hydrogen-bond donors (Lipinski definition) is 2. The van der Waals surface area contributed by atoms with Crippen molar-refractivity contribution in [2.75, 3.05) is 17.2 Å². The first-order valence-corrected chi connectivity index (χ1v) is 9.55. The van der Waals surface area contributed by atoms with E-state index in [2.05, 4.69) is 49.2 Å². The summed E-state index contributed by atoms with van der Waals surface area (Å²) in [4.78, 5) is 8.71. The summed E-state index contributed by atoms with van der Waals surface area (Å²) >= 11 is 0. The third-order valence-corrected chi connectivity index (χ3v) is 5.14. The van der Waals surface area contributed by atoms with Gasteiger partial charge in [0.2, 0.25) is 0 Å². The molecule has 4 rings (SSSR count). The fraction of sp³-hybridized carbons (Fsp3) is 0.667. The van der Waals surface area contributed by atoms with Gasteiger partial charge in [0, 0.05) is 25.6 Å². The lowest BCUT2D eigenvalue weighted by Gasteiger charge is -2.35. The Labute approximate surface area is 153 Å². The van der Waals surface area contributed by atoms with Crippen LogP contribution in [0.5, 0.6) is 0 Å². The summed E-state index contributed by atoms with van der Waals surface area (Å²) in [6, 6.07) is 2.24. The number of fused-ring (bicyclic) bond motifs is 1. The van der Waals surface area contributed by atoms with E-state index in [1.54, 1.807) is 6.33 Å². The normalized spacial score (nSPS) is 22.4. The Morgan fingerprint density at radius 1 is 1.23 bits per heavy atom. The zero-order chi connectivity index (χ0) is 17.9. The van der Waals surface area contributed by atoms with Gasteiger partial charge in [0.1, 0.15) is 23.8 Å². The summed E-state index contributed by atoms with van der Waals surface area (Å²) in [7, 11) is 0. The van der Waals surface area contributed by atoms with Crippen molar-refractivity contribution in [3.05, 3.63) is 24.0 Å². The number of rotatable bonds is 6. The average Bonchev–Trinajstić information content (AvgIpc) is 3.25. The highest BCUT2D eigenvalue weighted by Gasteiger charge is 2.28. The second kappa shape index (κ2) is 7.57. The summed E-state index contributed by atoms with van der Waals surface area (Å²) in [5, 5.41) is 15.4. The molecule has 0 aliphatic carbocycles. The minimum atomic E-state index is 0.216. The standard InChI is InChI=1S/C18H27N7O/c1-12(2)18-13(5-4-8-26-18)22-15-9-14(20-11-21-15)19-10-17-24-23-16-6-3-7-25(16)17/h9,11-13,18H,3-8,10H2,1-2H3,(H2,19,20,21,22)/t13-,18-/m0/s1. The van der Waals surface area contributed by atoms with E-state index in [0.717, 1.165) is 62.1 Å². The third kappa shape index (κ3) is 3.65. The van der Waals surface area contributed by atoms with Crippen LogP contribution in [0, 0.1) is 5.92 Å². The van der Waals surface area contributed by atoms with Gasteiger partial charge in [-0.25, -0.2) is 9.97 Å². The van der Waals surface area contributed by atoms with Gasteiger partial charge in [-0.3, -0.25) is 0 Å². The molecule has 0 bridgehead atoms. The molecule has 26 heavy (non-hydrogen) atoms. The van der Waals surface area contributed by atoms with Crippen LogP contribution in [0.1, 0.15) is 44.8 Å². The van der Waals surface area contributed by atoms with Gasteiger partial charge in [-0.05, 0) is 25.2 Å². The lowest BCUT2D eigenvalue weighted by atomic mass is 9.94. The van der Waals surface area contributed by atoms with Crippen LogP contribution >= 0.6 is 0 Å². The van der Waals surface area contributed by atoms with Crippen molar-refractivity contribution in [2.45, 2.75) is 64.8 Å². The predicted octanol–water partition coefficient (Wildman–Crippen LogP) is 2.24. The molecule has 0 unspecified atom stereocenters. The van der Waals surface area contributed by atoms with E-state index in [1.165, 1.54) is 0 Å². The van der Waals surface area contributed by atoms with Gasteiger partial charge < -0.3 is 19.9 Å². The van der Waals surface area contributed by atoms with Crippen molar-refractivity contribution in [1.29, 1.82) is 0 Å². The summed E-state index contributed by atoms with van der Waals surface area (Å²) in [5.41, 5.74) is 0. The molecule has 2 atom stereocenters. The average molecular weight is 357 g/mol. The maximum Gasteiger partial charge on any atom is 0.152 e. The van der Waals surface area contributed by atoms with Gasteiger partial charge in [0.05, 0.1) is 18.7 Å². The summed E-state index contributed by atoms with van der Waals surface area (Å²) in [6.07, 6.45) is 6.16. The molecular formula is C18H27N7O. The smallest absolute Gasteiger partial charge is 0.152 e. The second-order valence-electron chi connectivity index (χ2n) is 7.40. The molecule has 140 valence electrons. The second-order valence-corrected chi connectivity index (χ2v) is 7.40. The highest BCUT2D eigenvalue weighted by atomic mass is 16.5. The van der Waals surface area contributed by atoms with Gasteiger partial charge in [-0.2, -0.15) is 0 Å². The number of aryl methyl sites for hydroxylation is 1. The third-order valence-electron chi connectivity index (χ3n) is 5.14. The highest BCUT2D eigenvalue weighted by Crippen LogP contribution is 2.24. The molecule has 2 aromatic heterocycles. The minimum absolute atomic E-state index is 0.216. The van der Waals surface area contributed by atoms with Crippen LogP contribution in [0.3, 0.4) is 0 Å². The summed E-state index contributed by atoms with van der Waals surface area (Å²) in [6.45, 7) is 6.88. The van der Waals surface area contributed by atoms with E-state index >= 15 is 0 Å². The first-order chi connectivity index (χ1) is 12.7. The molecule has 2 aliphatic rings. The van der Waals surface area contributed by atoms with Gasteiger partial charge in [-0.1, -0.05) is 13.8 Å². The zero-order valence-electron chi connectivity index (χ0n) is 15.5. The predicted molar refractivity (Wildman–Crippen MR) is 98.9 cm³/mol. The van der Waals surface area contributed by atoms with Crippen LogP contribution in [-0.4, -0.2) is 43.5 Å². The van der Waals surface area contributed by atoms with Gasteiger partial charge in [0.15, 0.2) is 5.82 Å². The Kier molecular flexibility index (Phi) is 5.01. The molecule has 0 saturated carbocycles. The molecule has 8 heteroatoms. The van der Waals surface area contributed by atoms with E-state index in [4.69, 9.17) is 4.74 Å². The van der Waals surface area contributed by atoms with Crippen LogP contribution in [0.15, 0.2) is 12.4 Å². The molecule has 0 radical (unpaired) electrons. The largest absolute Gasteiger partial charge is 0.376 e. The monoisotopic (exact) mass is 357 g/mol. The van der Waals surface area contributed by atoms with Gasteiger partial charge >= 0.3 is 0 Å². The number of hydrogen-bond acceptors (Lipinski definition) is 7. The van der Waals surface area contributed by atoms with Crippen molar-refractivity contribution in [3.63, 3.8) is 0 Å².